The van der Waals surface area contributed by atoms with Gasteiger partial charge >= 0.3 is 0 Å². The van der Waals surface area contributed by atoms with Crippen molar-refractivity contribution in [3.05, 3.63) is 45.9 Å². The molecule has 1 aromatic carbocycles. The molecule has 0 aliphatic rings. The topological polar surface area (TPSA) is 71.1 Å². The van der Waals surface area contributed by atoms with E-state index in [1.54, 1.807) is 35.6 Å². The van der Waals surface area contributed by atoms with Gasteiger partial charge in [-0.15, -0.1) is 11.3 Å². The van der Waals surface area contributed by atoms with Gasteiger partial charge in [0.2, 0.25) is 5.91 Å². The van der Waals surface area contributed by atoms with Crippen molar-refractivity contribution in [2.45, 2.75) is 20.3 Å². The molecule has 110 valence electrons. The van der Waals surface area contributed by atoms with Crippen molar-refractivity contribution in [2.24, 2.45) is 0 Å². The van der Waals surface area contributed by atoms with Gasteiger partial charge in [-0.25, -0.2) is 4.98 Å². The number of thiazole rings is 1. The summed E-state index contributed by atoms with van der Waals surface area (Å²) in [5, 5.41) is 6.52. The number of hydrogen-bond acceptors (Lipinski definition) is 4. The van der Waals surface area contributed by atoms with Crippen molar-refractivity contribution in [1.82, 2.24) is 10.3 Å². The summed E-state index contributed by atoms with van der Waals surface area (Å²) < 4.78 is 0. The van der Waals surface area contributed by atoms with Gasteiger partial charge in [0.05, 0.1) is 5.01 Å². The number of aryl methyl sites for hydroxylation is 1. The third-order valence-electron chi connectivity index (χ3n) is 2.74. The largest absolute Gasteiger partial charge is 0.352 e. The van der Waals surface area contributed by atoms with E-state index in [2.05, 4.69) is 15.6 Å². The fourth-order valence-electron chi connectivity index (χ4n) is 1.84. The van der Waals surface area contributed by atoms with Crippen molar-refractivity contribution >= 4 is 28.8 Å². The molecular weight excluding hydrogens is 286 g/mol. The first-order valence-corrected chi connectivity index (χ1v) is 7.43. The molecule has 1 heterocycles. The highest BCUT2D eigenvalue weighted by Crippen LogP contribution is 2.12. The van der Waals surface area contributed by atoms with Crippen LogP contribution < -0.4 is 10.6 Å². The number of nitrogens with zero attached hydrogens (tertiary/aromatic N) is 1. The highest BCUT2D eigenvalue weighted by atomic mass is 32.1. The normalized spacial score (nSPS) is 10.2. The molecule has 0 aliphatic carbocycles. The van der Waals surface area contributed by atoms with Crippen LogP contribution in [-0.2, 0) is 11.2 Å². The molecule has 0 fully saturated rings. The van der Waals surface area contributed by atoms with Gasteiger partial charge in [-0.2, -0.15) is 0 Å². The number of aromatic nitrogens is 1. The van der Waals surface area contributed by atoms with E-state index in [4.69, 9.17) is 0 Å². The maximum absolute atomic E-state index is 12.0. The van der Waals surface area contributed by atoms with Crippen LogP contribution in [0.1, 0.15) is 27.2 Å². The Morgan fingerprint density at radius 1 is 1.33 bits per heavy atom. The number of rotatable bonds is 5. The number of anilines is 1. The Balaban J connectivity index is 1.89. The smallest absolute Gasteiger partial charge is 0.251 e. The van der Waals surface area contributed by atoms with Gasteiger partial charge < -0.3 is 10.6 Å². The molecule has 1 aromatic heterocycles. The van der Waals surface area contributed by atoms with Crippen LogP contribution in [0.2, 0.25) is 0 Å². The molecule has 0 spiro atoms. The highest BCUT2D eigenvalue weighted by molar-refractivity contribution is 7.11. The van der Waals surface area contributed by atoms with E-state index in [9.17, 15) is 9.59 Å². The molecule has 0 radical (unpaired) electrons. The third kappa shape index (κ3) is 4.68. The first-order chi connectivity index (χ1) is 10.0. The summed E-state index contributed by atoms with van der Waals surface area (Å²) in [6.07, 6.45) is 2.55. The molecule has 0 aliphatic heterocycles. The molecule has 0 atom stereocenters. The molecule has 0 unspecified atom stereocenters. The quantitative estimate of drug-likeness (QED) is 0.891. The Morgan fingerprint density at radius 3 is 2.81 bits per heavy atom. The minimum atomic E-state index is -0.160. The van der Waals surface area contributed by atoms with Gasteiger partial charge in [0.25, 0.3) is 5.91 Å². The number of carbonyl (C=O) groups excluding carboxylic acids is 2. The molecule has 2 N–H and O–H groups in total. The van der Waals surface area contributed by atoms with Crippen molar-refractivity contribution in [1.29, 1.82) is 0 Å². The number of amides is 2. The number of nitrogens with one attached hydrogen (secondary N) is 2. The first-order valence-electron chi connectivity index (χ1n) is 6.62. The second-order valence-corrected chi connectivity index (χ2v) is 5.95. The SMILES string of the molecule is CC(=O)Nc1cccc(C(=O)NCCc2ncc(C)s2)c1. The molecule has 2 aromatic rings. The summed E-state index contributed by atoms with van der Waals surface area (Å²) in [5.74, 6) is -0.317. The van der Waals surface area contributed by atoms with Gasteiger partial charge in [0, 0.05) is 42.2 Å². The number of carbonyl (C=O) groups is 2. The van der Waals surface area contributed by atoms with Crippen LogP contribution in [0, 0.1) is 6.92 Å². The zero-order valence-corrected chi connectivity index (χ0v) is 12.8. The zero-order chi connectivity index (χ0) is 15.2. The van der Waals surface area contributed by atoms with Crippen molar-refractivity contribution in [2.75, 3.05) is 11.9 Å². The molecule has 2 amide bonds. The van der Waals surface area contributed by atoms with Crippen molar-refractivity contribution in [3.63, 3.8) is 0 Å². The zero-order valence-electron chi connectivity index (χ0n) is 12.0. The Bertz CT molecular complexity index is 652. The lowest BCUT2D eigenvalue weighted by Gasteiger charge is -2.06. The fraction of sp³-hybridized carbons (Fsp3) is 0.267. The minimum absolute atomic E-state index is 0.157. The minimum Gasteiger partial charge on any atom is -0.352 e. The second kappa shape index (κ2) is 6.99. The Morgan fingerprint density at radius 2 is 2.14 bits per heavy atom. The van der Waals surface area contributed by atoms with E-state index in [0.29, 0.717) is 17.8 Å². The van der Waals surface area contributed by atoms with E-state index in [1.807, 2.05) is 13.1 Å². The van der Waals surface area contributed by atoms with Gasteiger partial charge in [-0.1, -0.05) is 6.07 Å². The maximum atomic E-state index is 12.0. The molecule has 21 heavy (non-hydrogen) atoms. The monoisotopic (exact) mass is 303 g/mol. The van der Waals surface area contributed by atoms with Crippen LogP contribution in [0.15, 0.2) is 30.5 Å². The molecule has 6 heteroatoms. The van der Waals surface area contributed by atoms with Crippen LogP contribution in [-0.4, -0.2) is 23.3 Å². The average Bonchev–Trinajstić information content (AvgIpc) is 2.84. The third-order valence-corrected chi connectivity index (χ3v) is 3.71. The lowest BCUT2D eigenvalue weighted by Crippen LogP contribution is -2.25. The van der Waals surface area contributed by atoms with Crippen LogP contribution in [0.4, 0.5) is 5.69 Å². The second-order valence-electron chi connectivity index (χ2n) is 4.63. The summed E-state index contributed by atoms with van der Waals surface area (Å²) in [6, 6.07) is 6.86. The van der Waals surface area contributed by atoms with Crippen LogP contribution >= 0.6 is 11.3 Å². The predicted molar refractivity (Wildman–Crippen MR) is 83.6 cm³/mol. The Labute approximate surface area is 127 Å². The maximum Gasteiger partial charge on any atom is 0.251 e. The lowest BCUT2D eigenvalue weighted by molar-refractivity contribution is -0.114. The Hall–Kier alpha value is -2.21. The van der Waals surface area contributed by atoms with Crippen LogP contribution in [0.25, 0.3) is 0 Å². The van der Waals surface area contributed by atoms with Crippen molar-refractivity contribution in [3.8, 4) is 0 Å². The fourth-order valence-corrected chi connectivity index (χ4v) is 2.63. The summed E-state index contributed by atoms with van der Waals surface area (Å²) >= 11 is 1.63. The van der Waals surface area contributed by atoms with Gasteiger partial charge in [-0.05, 0) is 25.1 Å². The highest BCUT2D eigenvalue weighted by Gasteiger charge is 2.07. The molecule has 2 rings (SSSR count). The average molecular weight is 303 g/mol. The van der Waals surface area contributed by atoms with E-state index >= 15 is 0 Å². The van der Waals surface area contributed by atoms with Crippen molar-refractivity contribution < 1.29 is 9.59 Å². The Kier molecular flexibility index (Phi) is 5.05. The number of benzene rings is 1. The van der Waals surface area contributed by atoms with E-state index < -0.39 is 0 Å². The molecule has 0 saturated heterocycles. The van der Waals surface area contributed by atoms with Gasteiger partial charge in [-0.3, -0.25) is 9.59 Å². The molecule has 5 nitrogen and oxygen atoms in total. The van der Waals surface area contributed by atoms with Crippen LogP contribution in [0.5, 0.6) is 0 Å². The summed E-state index contributed by atoms with van der Waals surface area (Å²) in [7, 11) is 0. The van der Waals surface area contributed by atoms with Crippen LogP contribution in [0.3, 0.4) is 0 Å². The first kappa shape index (κ1) is 15.2. The van der Waals surface area contributed by atoms with Gasteiger partial charge in [0.1, 0.15) is 0 Å². The molecule has 0 saturated carbocycles. The van der Waals surface area contributed by atoms with E-state index in [0.717, 1.165) is 11.4 Å². The lowest BCUT2D eigenvalue weighted by atomic mass is 10.2. The molecular formula is C15H17N3O2S. The summed E-state index contributed by atoms with van der Waals surface area (Å²) in [4.78, 5) is 28.5. The summed E-state index contributed by atoms with van der Waals surface area (Å²) in [5.41, 5.74) is 1.14. The van der Waals surface area contributed by atoms with E-state index in [-0.39, 0.29) is 11.8 Å². The number of hydrogen-bond donors (Lipinski definition) is 2. The predicted octanol–water partition coefficient (Wildman–Crippen LogP) is 2.38. The molecule has 0 bridgehead atoms. The van der Waals surface area contributed by atoms with E-state index in [1.165, 1.54) is 11.8 Å². The van der Waals surface area contributed by atoms with Gasteiger partial charge in [0.15, 0.2) is 0 Å². The standard InChI is InChI=1S/C15H17N3O2S/c1-10-9-17-14(21-10)6-7-16-15(20)12-4-3-5-13(8-12)18-11(2)19/h3-5,8-9H,6-7H2,1-2H3,(H,16,20)(H,18,19). The summed E-state index contributed by atoms with van der Waals surface area (Å²) in [6.45, 7) is 3.98.